The van der Waals surface area contributed by atoms with E-state index >= 15 is 0 Å². The normalized spacial score (nSPS) is 19.5. The molecule has 5 rings (SSSR count). The van der Waals surface area contributed by atoms with Gasteiger partial charge in [-0.15, -0.1) is 11.3 Å². The average molecular weight is 521 g/mol. The number of amides is 1. The SMILES string of the molecule is CN(Cc1ccc(OCCN2CCN(C(=O)[C@H]3CCCCN3C)CC2)cc1)Cc1cc2ccccc2s1. The molecule has 0 spiro atoms. The fraction of sp³-hybridized carbons (Fsp3) is 0.500. The van der Waals surface area contributed by atoms with E-state index in [1.807, 2.05) is 11.3 Å². The number of nitrogens with zero attached hydrogens (tertiary/aromatic N) is 4. The Bertz CT molecular complexity index is 1120. The number of fused-ring (bicyclic) bond motifs is 1. The topological polar surface area (TPSA) is 39.3 Å². The van der Waals surface area contributed by atoms with E-state index in [1.54, 1.807) is 0 Å². The molecule has 0 saturated carbocycles. The van der Waals surface area contributed by atoms with E-state index in [1.165, 1.54) is 33.4 Å². The number of carbonyl (C=O) groups is 1. The second-order valence-corrected chi connectivity index (χ2v) is 11.7. The molecule has 1 amide bonds. The highest BCUT2D eigenvalue weighted by atomic mass is 32.1. The van der Waals surface area contributed by atoms with Crippen LogP contribution in [0.25, 0.3) is 10.1 Å². The van der Waals surface area contributed by atoms with Gasteiger partial charge in [-0.25, -0.2) is 0 Å². The largest absolute Gasteiger partial charge is 0.492 e. The van der Waals surface area contributed by atoms with Gasteiger partial charge in [0.25, 0.3) is 0 Å². The summed E-state index contributed by atoms with van der Waals surface area (Å²) in [5.41, 5.74) is 1.29. The van der Waals surface area contributed by atoms with Gasteiger partial charge in [0.15, 0.2) is 0 Å². The Hall–Kier alpha value is -2.45. The summed E-state index contributed by atoms with van der Waals surface area (Å²) in [6, 6.07) is 19.5. The Balaban J connectivity index is 1.01. The van der Waals surface area contributed by atoms with Crippen LogP contribution in [0.5, 0.6) is 5.75 Å². The lowest BCUT2D eigenvalue weighted by molar-refractivity contribution is -0.139. The number of hydrogen-bond acceptors (Lipinski definition) is 6. The predicted octanol–water partition coefficient (Wildman–Crippen LogP) is 4.54. The van der Waals surface area contributed by atoms with E-state index in [0.29, 0.717) is 12.5 Å². The molecule has 0 aliphatic carbocycles. The highest BCUT2D eigenvalue weighted by Gasteiger charge is 2.31. The lowest BCUT2D eigenvalue weighted by Crippen LogP contribution is -2.55. The molecule has 2 aromatic carbocycles. The van der Waals surface area contributed by atoms with Crippen molar-refractivity contribution < 1.29 is 9.53 Å². The Morgan fingerprint density at radius 3 is 2.54 bits per heavy atom. The summed E-state index contributed by atoms with van der Waals surface area (Å²) in [6.07, 6.45) is 3.38. The van der Waals surface area contributed by atoms with Crippen molar-refractivity contribution in [1.82, 2.24) is 19.6 Å². The zero-order valence-electron chi connectivity index (χ0n) is 22.3. The van der Waals surface area contributed by atoms with Crippen LogP contribution in [0.2, 0.25) is 0 Å². The molecule has 0 radical (unpaired) electrons. The zero-order valence-corrected chi connectivity index (χ0v) is 23.1. The number of carbonyl (C=O) groups excluding carboxylic acids is 1. The third-order valence-electron chi connectivity index (χ3n) is 7.69. The van der Waals surface area contributed by atoms with Crippen LogP contribution in [0.1, 0.15) is 29.7 Å². The first-order valence-corrected chi connectivity index (χ1v) is 14.5. The second kappa shape index (κ2) is 12.4. The Kier molecular flexibility index (Phi) is 8.77. The molecule has 2 aliphatic heterocycles. The van der Waals surface area contributed by atoms with Crippen molar-refractivity contribution in [3.05, 3.63) is 65.0 Å². The molecule has 3 aromatic rings. The number of piperazine rings is 1. The van der Waals surface area contributed by atoms with Crippen molar-refractivity contribution in [2.24, 2.45) is 0 Å². The first-order valence-electron chi connectivity index (χ1n) is 13.6. The van der Waals surface area contributed by atoms with Gasteiger partial charge in [0.1, 0.15) is 12.4 Å². The van der Waals surface area contributed by atoms with Gasteiger partial charge >= 0.3 is 0 Å². The summed E-state index contributed by atoms with van der Waals surface area (Å²) in [6.45, 7) is 7.97. The summed E-state index contributed by atoms with van der Waals surface area (Å²) >= 11 is 1.88. The lowest BCUT2D eigenvalue weighted by Gasteiger charge is -2.39. The number of thiophene rings is 1. The molecule has 2 fully saturated rings. The van der Waals surface area contributed by atoms with Crippen molar-refractivity contribution in [2.45, 2.75) is 38.4 Å². The first kappa shape index (κ1) is 26.2. The summed E-state index contributed by atoms with van der Waals surface area (Å²) in [4.78, 5) is 23.4. The quantitative estimate of drug-likeness (QED) is 0.414. The Labute approximate surface area is 225 Å². The summed E-state index contributed by atoms with van der Waals surface area (Å²) in [5, 5.41) is 1.33. The number of likely N-dealkylation sites (N-methyl/N-ethyl adjacent to an activating group) is 1. The number of hydrogen-bond donors (Lipinski definition) is 0. The smallest absolute Gasteiger partial charge is 0.240 e. The fourth-order valence-corrected chi connectivity index (χ4v) is 6.67. The van der Waals surface area contributed by atoms with E-state index in [4.69, 9.17) is 4.74 Å². The molecule has 0 bridgehead atoms. The van der Waals surface area contributed by atoms with Gasteiger partial charge in [0.2, 0.25) is 5.91 Å². The van der Waals surface area contributed by atoms with Crippen LogP contribution in [0.3, 0.4) is 0 Å². The van der Waals surface area contributed by atoms with Crippen molar-refractivity contribution in [1.29, 1.82) is 0 Å². The van der Waals surface area contributed by atoms with Gasteiger partial charge in [-0.1, -0.05) is 36.8 Å². The van der Waals surface area contributed by atoms with Gasteiger partial charge in [-0.3, -0.25) is 19.5 Å². The third-order valence-corrected chi connectivity index (χ3v) is 8.79. The average Bonchev–Trinajstić information content (AvgIpc) is 3.32. The van der Waals surface area contributed by atoms with E-state index < -0.39 is 0 Å². The molecule has 198 valence electrons. The molecule has 0 N–H and O–H groups in total. The Morgan fingerprint density at radius 2 is 1.78 bits per heavy atom. The Morgan fingerprint density at radius 1 is 1.00 bits per heavy atom. The highest BCUT2D eigenvalue weighted by molar-refractivity contribution is 7.19. The molecular formula is C30H40N4O2S. The van der Waals surface area contributed by atoms with E-state index in [0.717, 1.165) is 64.5 Å². The maximum absolute atomic E-state index is 12.9. The van der Waals surface area contributed by atoms with Crippen molar-refractivity contribution in [2.75, 3.05) is 60.0 Å². The maximum atomic E-state index is 12.9. The highest BCUT2D eigenvalue weighted by Crippen LogP contribution is 2.26. The molecule has 3 heterocycles. The minimum absolute atomic E-state index is 0.0854. The van der Waals surface area contributed by atoms with Crippen LogP contribution < -0.4 is 4.74 Å². The fourth-order valence-electron chi connectivity index (χ4n) is 5.52. The summed E-state index contributed by atoms with van der Waals surface area (Å²) < 4.78 is 7.40. The first-order chi connectivity index (χ1) is 18.0. The van der Waals surface area contributed by atoms with E-state index in [2.05, 4.69) is 88.3 Å². The van der Waals surface area contributed by atoms with Gasteiger partial charge < -0.3 is 9.64 Å². The van der Waals surface area contributed by atoms with Gasteiger partial charge in [0.05, 0.1) is 6.04 Å². The molecule has 1 atom stereocenters. The van der Waals surface area contributed by atoms with Crippen LogP contribution in [-0.4, -0.2) is 91.5 Å². The van der Waals surface area contributed by atoms with Crippen LogP contribution in [0.4, 0.5) is 0 Å². The van der Waals surface area contributed by atoms with Gasteiger partial charge in [-0.2, -0.15) is 0 Å². The molecule has 7 heteroatoms. The minimum Gasteiger partial charge on any atom is -0.492 e. The van der Waals surface area contributed by atoms with Crippen molar-refractivity contribution in [3.8, 4) is 5.75 Å². The van der Waals surface area contributed by atoms with E-state index in [9.17, 15) is 4.79 Å². The second-order valence-electron chi connectivity index (χ2n) is 10.6. The summed E-state index contributed by atoms with van der Waals surface area (Å²) in [7, 11) is 4.27. The molecule has 37 heavy (non-hydrogen) atoms. The lowest BCUT2D eigenvalue weighted by atomic mass is 10.0. The molecule has 2 saturated heterocycles. The minimum atomic E-state index is 0.0854. The number of likely N-dealkylation sites (tertiary alicyclic amines) is 1. The molecule has 1 aromatic heterocycles. The molecule has 2 aliphatic rings. The van der Waals surface area contributed by atoms with Crippen molar-refractivity contribution >= 4 is 27.3 Å². The molecule has 0 unspecified atom stereocenters. The monoisotopic (exact) mass is 520 g/mol. The third kappa shape index (κ3) is 6.90. The number of piperidine rings is 1. The van der Waals surface area contributed by atoms with Gasteiger partial charge in [0, 0.05) is 55.4 Å². The summed E-state index contributed by atoms with van der Waals surface area (Å²) in [5.74, 6) is 1.25. The van der Waals surface area contributed by atoms with Crippen molar-refractivity contribution in [3.63, 3.8) is 0 Å². The number of benzene rings is 2. The van der Waals surface area contributed by atoms with Crippen LogP contribution in [0.15, 0.2) is 54.6 Å². The van der Waals surface area contributed by atoms with Crippen LogP contribution in [0, 0.1) is 0 Å². The van der Waals surface area contributed by atoms with Crippen LogP contribution >= 0.6 is 11.3 Å². The predicted molar refractivity (Wildman–Crippen MR) is 152 cm³/mol. The van der Waals surface area contributed by atoms with Gasteiger partial charge in [-0.05, 0) is 68.7 Å². The maximum Gasteiger partial charge on any atom is 0.240 e. The number of ether oxygens (including phenoxy) is 1. The molecular weight excluding hydrogens is 480 g/mol. The molecule has 6 nitrogen and oxygen atoms in total. The van der Waals surface area contributed by atoms with E-state index in [-0.39, 0.29) is 6.04 Å². The zero-order chi connectivity index (χ0) is 25.6. The standard InChI is InChI=1S/C30H40N4O2S/c1-31(23-27-21-25-7-3-4-9-29(25)37-27)22-24-10-12-26(13-11-24)36-20-19-33-15-17-34(18-16-33)30(35)28-8-5-6-14-32(28)2/h3-4,7,9-13,21,28H,5-6,8,14-20,22-23H2,1-2H3/t28-/m1/s1. The number of rotatable bonds is 9. The van der Waals surface area contributed by atoms with Crippen LogP contribution in [-0.2, 0) is 17.9 Å².